The molecule has 0 radical (unpaired) electrons. The van der Waals surface area contributed by atoms with E-state index >= 15 is 0 Å². The Morgan fingerprint density at radius 1 is 0.638 bits per heavy atom. The van der Waals surface area contributed by atoms with Gasteiger partial charge in [-0.15, -0.1) is 10.2 Å². The Morgan fingerprint density at radius 2 is 1.30 bits per heavy atom. The van der Waals surface area contributed by atoms with Crippen molar-refractivity contribution in [2.24, 2.45) is 10.2 Å². The van der Waals surface area contributed by atoms with E-state index in [-0.39, 0.29) is 70.8 Å². The molecule has 0 fully saturated rings. The summed E-state index contributed by atoms with van der Waals surface area (Å²) in [6.07, 6.45) is 0. The van der Waals surface area contributed by atoms with Crippen LogP contribution in [0.15, 0.2) is 88.8 Å². The second-order valence-electron chi connectivity index (χ2n) is 9.65. The zero-order chi connectivity index (χ0) is 34.0. The molecule has 47 heavy (non-hydrogen) atoms. The number of aromatic carboxylic acids is 2. The molecule has 4 aromatic carbocycles. The number of hydrogen-bond acceptors (Lipinski definition) is 7. The molecule has 0 saturated carbocycles. The van der Waals surface area contributed by atoms with Crippen molar-refractivity contribution in [3.8, 4) is 0 Å². The van der Waals surface area contributed by atoms with E-state index in [1.807, 2.05) is 0 Å². The lowest BCUT2D eigenvalue weighted by molar-refractivity contribution is -0.112. The van der Waals surface area contributed by atoms with Crippen LogP contribution in [0.2, 0.25) is 20.1 Å². The molecule has 0 saturated heterocycles. The number of halogens is 4. The summed E-state index contributed by atoms with van der Waals surface area (Å²) in [5, 5.41) is 34.8. The number of anilines is 3. The third kappa shape index (κ3) is 7.26. The fourth-order valence-corrected chi connectivity index (χ4v) is 5.55. The Hall–Kier alpha value is -5.27. The normalized spacial score (nSPS) is 12.2. The topological polar surface area (TPSA) is 187 Å². The molecule has 0 bridgehead atoms. The summed E-state index contributed by atoms with van der Waals surface area (Å²) in [6.45, 7) is 0. The first-order valence-corrected chi connectivity index (χ1v) is 14.6. The summed E-state index contributed by atoms with van der Waals surface area (Å²) >= 11 is 25.0. The fourth-order valence-electron chi connectivity index (χ4n) is 4.38. The zero-order valence-electron chi connectivity index (χ0n) is 23.3. The molecule has 236 valence electrons. The number of carboxylic acid groups (broad SMARTS) is 2. The van der Waals surface area contributed by atoms with Crippen LogP contribution in [0.25, 0.3) is 5.57 Å². The number of nitrogens with zero attached hydrogens (tertiary/aromatic N) is 2. The number of benzene rings is 4. The highest BCUT2D eigenvalue weighted by molar-refractivity contribution is 6.43. The second-order valence-corrected chi connectivity index (χ2v) is 11.3. The third-order valence-corrected chi connectivity index (χ3v) is 7.70. The Labute approximate surface area is 284 Å². The van der Waals surface area contributed by atoms with Crippen LogP contribution in [-0.2, 0) is 4.79 Å². The first-order valence-electron chi connectivity index (χ1n) is 13.1. The smallest absolute Gasteiger partial charge is 0.337 e. The Balaban J connectivity index is 1.36. The van der Waals surface area contributed by atoms with Crippen molar-refractivity contribution in [3.05, 3.63) is 127 Å². The zero-order valence-corrected chi connectivity index (χ0v) is 26.3. The van der Waals surface area contributed by atoms with Gasteiger partial charge in [0.25, 0.3) is 17.7 Å². The average Bonchev–Trinajstić information content (AvgIpc) is 3.37. The Bertz CT molecular complexity index is 2080. The van der Waals surface area contributed by atoms with Gasteiger partial charge in [0, 0.05) is 27.4 Å². The van der Waals surface area contributed by atoms with Gasteiger partial charge in [-0.2, -0.15) is 0 Å². The highest BCUT2D eigenvalue weighted by Crippen LogP contribution is 2.39. The number of amides is 3. The van der Waals surface area contributed by atoms with Gasteiger partial charge < -0.3 is 26.2 Å². The minimum atomic E-state index is -1.44. The summed E-state index contributed by atoms with van der Waals surface area (Å²) in [7, 11) is 0. The predicted octanol–water partition coefficient (Wildman–Crippen LogP) is 7.97. The number of carboxylic acids is 2. The molecule has 0 unspecified atom stereocenters. The SMILES string of the molecule is O=C1N=NC(Nc2cc(NC(=O)c3cccc(C(=O)Nc4ccc(C(=O)O)cc4C(=O)O)c3)ccc2Cl)=C1c1c(Cl)cc(Cl)cc1Cl. The molecule has 5 N–H and O–H groups in total. The van der Waals surface area contributed by atoms with E-state index < -0.39 is 35.2 Å². The van der Waals surface area contributed by atoms with Crippen LogP contribution in [-0.4, -0.2) is 39.9 Å². The monoisotopic (exact) mass is 711 g/mol. The van der Waals surface area contributed by atoms with E-state index in [1.54, 1.807) is 0 Å². The number of carbonyl (C=O) groups excluding carboxylic acids is 3. The molecule has 3 amide bonds. The van der Waals surface area contributed by atoms with Crippen molar-refractivity contribution >= 4 is 98.7 Å². The van der Waals surface area contributed by atoms with Gasteiger partial charge in [0.15, 0.2) is 5.82 Å². The van der Waals surface area contributed by atoms with E-state index in [1.165, 1.54) is 54.6 Å². The Kier molecular flexibility index (Phi) is 9.59. The summed E-state index contributed by atoms with van der Waals surface area (Å²) in [5.74, 6) is -4.84. The van der Waals surface area contributed by atoms with Crippen LogP contribution < -0.4 is 16.0 Å². The maximum atomic E-state index is 13.2. The number of azo groups is 1. The highest BCUT2D eigenvalue weighted by Gasteiger charge is 2.28. The van der Waals surface area contributed by atoms with E-state index in [2.05, 4.69) is 26.2 Å². The third-order valence-electron chi connectivity index (χ3n) is 6.56. The van der Waals surface area contributed by atoms with Crippen molar-refractivity contribution in [1.29, 1.82) is 0 Å². The first kappa shape index (κ1) is 33.1. The lowest BCUT2D eigenvalue weighted by Gasteiger charge is -2.13. The van der Waals surface area contributed by atoms with Crippen LogP contribution in [0, 0.1) is 0 Å². The van der Waals surface area contributed by atoms with Gasteiger partial charge in [-0.1, -0.05) is 52.5 Å². The average molecular weight is 713 g/mol. The summed E-state index contributed by atoms with van der Waals surface area (Å²) in [4.78, 5) is 61.6. The molecule has 0 aromatic heterocycles. The Morgan fingerprint density at radius 3 is 1.94 bits per heavy atom. The van der Waals surface area contributed by atoms with E-state index in [0.29, 0.717) is 0 Å². The molecule has 1 heterocycles. The number of nitrogens with one attached hydrogen (secondary N) is 3. The minimum Gasteiger partial charge on any atom is -0.478 e. The molecule has 16 heteroatoms. The second kappa shape index (κ2) is 13.6. The van der Waals surface area contributed by atoms with Crippen molar-refractivity contribution < 1.29 is 34.2 Å². The van der Waals surface area contributed by atoms with Gasteiger partial charge in [-0.05, 0) is 66.7 Å². The molecule has 0 spiro atoms. The van der Waals surface area contributed by atoms with Crippen LogP contribution in [0.1, 0.15) is 47.0 Å². The standard InChI is InChI=1S/C31H17Cl4N5O7/c32-16-10-20(34)24(21(35)11-16)25-26(39-40-29(25)43)37-23-12-17(5-6-19(23)33)36-27(41)13-2-1-3-14(8-13)28(42)38-22-7-4-15(30(44)45)9-18(22)31(46)47/h1-12,37H,(H,36,41)(H,38,42)(H,44,45)(H,46,47). The predicted molar refractivity (Wildman–Crippen MR) is 176 cm³/mol. The quantitative estimate of drug-likeness (QED) is 0.116. The van der Waals surface area contributed by atoms with Gasteiger partial charge in [0.1, 0.15) is 0 Å². The number of rotatable bonds is 9. The lowest BCUT2D eigenvalue weighted by Crippen LogP contribution is -2.17. The van der Waals surface area contributed by atoms with Gasteiger partial charge in [-0.25, -0.2) is 9.59 Å². The van der Waals surface area contributed by atoms with Gasteiger partial charge in [0.2, 0.25) is 0 Å². The van der Waals surface area contributed by atoms with Gasteiger partial charge >= 0.3 is 11.9 Å². The summed E-state index contributed by atoms with van der Waals surface area (Å²) in [5.41, 5.74) is -0.0830. The van der Waals surface area contributed by atoms with Crippen LogP contribution in [0.3, 0.4) is 0 Å². The number of carbonyl (C=O) groups is 5. The maximum absolute atomic E-state index is 13.2. The van der Waals surface area contributed by atoms with E-state index in [0.717, 1.165) is 18.2 Å². The van der Waals surface area contributed by atoms with Crippen molar-refractivity contribution in [3.63, 3.8) is 0 Å². The van der Waals surface area contributed by atoms with Crippen molar-refractivity contribution in [2.75, 3.05) is 16.0 Å². The lowest BCUT2D eigenvalue weighted by atomic mass is 10.1. The fraction of sp³-hybridized carbons (Fsp3) is 0. The molecule has 5 rings (SSSR count). The van der Waals surface area contributed by atoms with E-state index in [4.69, 9.17) is 51.5 Å². The van der Waals surface area contributed by atoms with Crippen LogP contribution in [0.4, 0.5) is 17.1 Å². The molecule has 4 aromatic rings. The molecule has 12 nitrogen and oxygen atoms in total. The van der Waals surface area contributed by atoms with Crippen LogP contribution >= 0.6 is 46.4 Å². The summed E-state index contributed by atoms with van der Waals surface area (Å²) < 4.78 is 0. The molecule has 0 aliphatic carbocycles. The molecule has 0 atom stereocenters. The maximum Gasteiger partial charge on any atom is 0.337 e. The first-order chi connectivity index (χ1) is 22.3. The van der Waals surface area contributed by atoms with Gasteiger partial charge in [-0.3, -0.25) is 14.4 Å². The largest absolute Gasteiger partial charge is 0.478 e. The minimum absolute atomic E-state index is 0.00568. The van der Waals surface area contributed by atoms with Crippen molar-refractivity contribution in [1.82, 2.24) is 0 Å². The van der Waals surface area contributed by atoms with E-state index in [9.17, 15) is 29.1 Å². The van der Waals surface area contributed by atoms with Gasteiger partial charge in [0.05, 0.1) is 43.1 Å². The van der Waals surface area contributed by atoms with Crippen LogP contribution in [0.5, 0.6) is 0 Å². The summed E-state index contributed by atoms with van der Waals surface area (Å²) in [6, 6.07) is 16.1. The highest BCUT2D eigenvalue weighted by atomic mass is 35.5. The number of hydrogen-bond donors (Lipinski definition) is 5. The molecular formula is C31H17Cl4N5O7. The molecular weight excluding hydrogens is 696 g/mol. The van der Waals surface area contributed by atoms with Crippen molar-refractivity contribution in [2.45, 2.75) is 0 Å². The molecule has 1 aliphatic rings. The molecule has 1 aliphatic heterocycles.